The highest BCUT2D eigenvalue weighted by Crippen LogP contribution is 2.11. The summed E-state index contributed by atoms with van der Waals surface area (Å²) in [6, 6.07) is 0. The van der Waals surface area contributed by atoms with Crippen LogP contribution in [0.1, 0.15) is 168 Å². The summed E-state index contributed by atoms with van der Waals surface area (Å²) in [4.78, 5) is 12.1. The number of ether oxygens (including phenoxy) is 2. The fourth-order valence-corrected chi connectivity index (χ4v) is 4.75. The van der Waals surface area contributed by atoms with Gasteiger partial charge in [0.1, 0.15) is 6.10 Å². The number of unbranched alkanes of at least 4 members (excludes halogenated alkanes) is 18. The minimum Gasteiger partial charge on any atom is -0.457 e. The van der Waals surface area contributed by atoms with E-state index in [1.165, 1.54) is 116 Å². The molecular formula is C37H68O4. The highest BCUT2D eigenvalue weighted by atomic mass is 16.6. The van der Waals surface area contributed by atoms with E-state index in [1.807, 2.05) is 0 Å². The first-order chi connectivity index (χ1) is 20.2. The lowest BCUT2D eigenvalue weighted by Crippen LogP contribution is -2.27. The molecule has 4 heteroatoms. The normalized spacial score (nSPS) is 12.8. The van der Waals surface area contributed by atoms with E-state index < -0.39 is 6.10 Å². The van der Waals surface area contributed by atoms with Gasteiger partial charge in [0.15, 0.2) is 0 Å². The van der Waals surface area contributed by atoms with Gasteiger partial charge in [-0.1, -0.05) is 134 Å². The van der Waals surface area contributed by atoms with Crippen LogP contribution in [0.15, 0.2) is 36.5 Å². The molecule has 0 aromatic carbocycles. The number of carbonyl (C=O) groups excluding carboxylic acids is 1. The number of hydrogen-bond acceptors (Lipinski definition) is 4. The zero-order valence-corrected chi connectivity index (χ0v) is 27.3. The van der Waals surface area contributed by atoms with Gasteiger partial charge < -0.3 is 14.6 Å². The number of rotatable bonds is 32. The minimum absolute atomic E-state index is 0.179. The summed E-state index contributed by atoms with van der Waals surface area (Å²) in [6.07, 6.45) is 41.7. The largest absolute Gasteiger partial charge is 0.457 e. The molecule has 0 amide bonds. The van der Waals surface area contributed by atoms with Crippen LogP contribution in [0.25, 0.3) is 0 Å². The first-order valence-corrected chi connectivity index (χ1v) is 17.6. The number of aliphatic hydroxyl groups excluding tert-OH is 1. The third kappa shape index (κ3) is 33.0. The Morgan fingerprint density at radius 3 is 1.61 bits per heavy atom. The molecule has 0 radical (unpaired) electrons. The molecule has 0 aromatic heterocycles. The first-order valence-electron chi connectivity index (χ1n) is 17.6. The molecule has 0 aromatic rings. The predicted molar refractivity (Wildman–Crippen MR) is 177 cm³/mol. The second-order valence-electron chi connectivity index (χ2n) is 11.6. The van der Waals surface area contributed by atoms with Crippen LogP contribution in [0.5, 0.6) is 0 Å². The predicted octanol–water partition coefficient (Wildman–Crippen LogP) is 11.0. The Morgan fingerprint density at radius 2 is 1.05 bits per heavy atom. The average molecular weight is 577 g/mol. The van der Waals surface area contributed by atoms with Gasteiger partial charge >= 0.3 is 5.97 Å². The summed E-state index contributed by atoms with van der Waals surface area (Å²) >= 11 is 0. The second-order valence-corrected chi connectivity index (χ2v) is 11.6. The van der Waals surface area contributed by atoms with E-state index in [1.54, 1.807) is 0 Å². The van der Waals surface area contributed by atoms with Gasteiger partial charge in [-0.3, -0.25) is 4.79 Å². The molecule has 0 aliphatic rings. The Balaban J connectivity index is 3.48. The number of allylic oxidation sites excluding steroid dienone is 6. The second kappa shape index (κ2) is 34.8. The highest BCUT2D eigenvalue weighted by Gasteiger charge is 2.13. The average Bonchev–Trinajstić information content (AvgIpc) is 2.98. The standard InChI is InChI=1S/C37H68O4/c1-3-5-7-9-11-13-15-17-19-21-23-25-27-29-31-33-40-35-36(34-38)41-37(39)32-30-28-26-24-22-20-18-16-14-12-10-8-6-4-2/h9,11,15-18,36,38H,3-8,10,12-14,19-35H2,1-2H3/b11-9-,17-15-,18-16-. The molecule has 0 rings (SSSR count). The van der Waals surface area contributed by atoms with Crippen LogP contribution in [0, 0.1) is 0 Å². The van der Waals surface area contributed by atoms with Crippen molar-refractivity contribution in [3.05, 3.63) is 36.5 Å². The fraction of sp³-hybridized carbons (Fsp3) is 0.811. The van der Waals surface area contributed by atoms with Crippen molar-refractivity contribution in [2.24, 2.45) is 0 Å². The number of hydrogen-bond donors (Lipinski definition) is 1. The maximum absolute atomic E-state index is 12.1. The van der Waals surface area contributed by atoms with Gasteiger partial charge in [-0.2, -0.15) is 0 Å². The molecule has 41 heavy (non-hydrogen) atoms. The van der Waals surface area contributed by atoms with E-state index in [0.717, 1.165) is 32.1 Å². The Bertz CT molecular complexity index is 610. The van der Waals surface area contributed by atoms with Crippen LogP contribution in [-0.4, -0.2) is 37.0 Å². The highest BCUT2D eigenvalue weighted by molar-refractivity contribution is 5.69. The van der Waals surface area contributed by atoms with Gasteiger partial charge in [-0.15, -0.1) is 0 Å². The molecule has 4 nitrogen and oxygen atoms in total. The number of esters is 1. The van der Waals surface area contributed by atoms with E-state index in [-0.39, 0.29) is 19.2 Å². The third-order valence-electron chi connectivity index (χ3n) is 7.44. The monoisotopic (exact) mass is 577 g/mol. The number of aliphatic hydroxyl groups is 1. The van der Waals surface area contributed by atoms with Crippen molar-refractivity contribution in [2.45, 2.75) is 174 Å². The van der Waals surface area contributed by atoms with Crippen molar-refractivity contribution < 1.29 is 19.4 Å². The summed E-state index contributed by atoms with van der Waals surface area (Å²) in [5, 5.41) is 9.53. The van der Waals surface area contributed by atoms with E-state index in [2.05, 4.69) is 50.3 Å². The van der Waals surface area contributed by atoms with Gasteiger partial charge in [0, 0.05) is 13.0 Å². The van der Waals surface area contributed by atoms with Crippen molar-refractivity contribution in [3.63, 3.8) is 0 Å². The summed E-state index contributed by atoms with van der Waals surface area (Å²) in [6.45, 7) is 5.26. The van der Waals surface area contributed by atoms with Crippen LogP contribution in [0.3, 0.4) is 0 Å². The van der Waals surface area contributed by atoms with Gasteiger partial charge in [-0.25, -0.2) is 0 Å². The summed E-state index contributed by atoms with van der Waals surface area (Å²) in [5.41, 5.74) is 0. The summed E-state index contributed by atoms with van der Waals surface area (Å²) in [5.74, 6) is -0.215. The summed E-state index contributed by atoms with van der Waals surface area (Å²) in [7, 11) is 0. The lowest BCUT2D eigenvalue weighted by molar-refractivity contribution is -0.154. The molecule has 1 N–H and O–H groups in total. The Hall–Kier alpha value is -1.39. The maximum Gasteiger partial charge on any atom is 0.306 e. The van der Waals surface area contributed by atoms with Gasteiger partial charge in [-0.05, 0) is 64.2 Å². The molecule has 0 spiro atoms. The van der Waals surface area contributed by atoms with Crippen molar-refractivity contribution in [2.75, 3.05) is 19.8 Å². The molecule has 0 aliphatic heterocycles. The molecule has 0 saturated carbocycles. The van der Waals surface area contributed by atoms with E-state index in [9.17, 15) is 9.90 Å². The third-order valence-corrected chi connectivity index (χ3v) is 7.44. The fourth-order valence-electron chi connectivity index (χ4n) is 4.75. The summed E-state index contributed by atoms with van der Waals surface area (Å²) < 4.78 is 11.1. The lowest BCUT2D eigenvalue weighted by atomic mass is 10.1. The Kier molecular flexibility index (Phi) is 33.6. The van der Waals surface area contributed by atoms with E-state index in [4.69, 9.17) is 9.47 Å². The van der Waals surface area contributed by atoms with Crippen LogP contribution in [-0.2, 0) is 14.3 Å². The van der Waals surface area contributed by atoms with Crippen LogP contribution in [0.4, 0.5) is 0 Å². The van der Waals surface area contributed by atoms with Crippen LogP contribution in [0.2, 0.25) is 0 Å². The maximum atomic E-state index is 12.1. The quantitative estimate of drug-likeness (QED) is 0.0491. The Morgan fingerprint density at radius 1 is 0.585 bits per heavy atom. The minimum atomic E-state index is -0.541. The molecule has 0 saturated heterocycles. The Labute approximate surface area is 255 Å². The van der Waals surface area contributed by atoms with Gasteiger partial charge in [0.25, 0.3) is 0 Å². The van der Waals surface area contributed by atoms with E-state index >= 15 is 0 Å². The van der Waals surface area contributed by atoms with E-state index in [0.29, 0.717) is 13.0 Å². The van der Waals surface area contributed by atoms with Crippen LogP contribution < -0.4 is 0 Å². The van der Waals surface area contributed by atoms with Crippen molar-refractivity contribution >= 4 is 5.97 Å². The molecule has 0 aliphatic carbocycles. The molecule has 1 unspecified atom stereocenters. The SMILES string of the molecule is CCCC/C=C\C/C=C\CCCCCCCCOCC(CO)OC(=O)CCCCCCC/C=C\CCCCCCC. The molecule has 0 bridgehead atoms. The molecule has 240 valence electrons. The molecule has 0 heterocycles. The molecular weight excluding hydrogens is 508 g/mol. The topological polar surface area (TPSA) is 55.8 Å². The molecule has 1 atom stereocenters. The molecule has 0 fully saturated rings. The van der Waals surface area contributed by atoms with Crippen molar-refractivity contribution in [1.29, 1.82) is 0 Å². The smallest absolute Gasteiger partial charge is 0.306 e. The van der Waals surface area contributed by atoms with Crippen LogP contribution >= 0.6 is 0 Å². The van der Waals surface area contributed by atoms with Crippen molar-refractivity contribution in [1.82, 2.24) is 0 Å². The van der Waals surface area contributed by atoms with Gasteiger partial charge in [0.2, 0.25) is 0 Å². The lowest BCUT2D eigenvalue weighted by Gasteiger charge is -2.15. The zero-order chi connectivity index (χ0) is 29.9. The first kappa shape index (κ1) is 39.6. The number of carbonyl (C=O) groups is 1. The van der Waals surface area contributed by atoms with Crippen molar-refractivity contribution in [3.8, 4) is 0 Å². The van der Waals surface area contributed by atoms with Gasteiger partial charge in [0.05, 0.1) is 13.2 Å². The zero-order valence-electron chi connectivity index (χ0n) is 27.3.